The fraction of sp³-hybridized carbons (Fsp3) is 0.667. The number of hydrogen-bond donors (Lipinski definition) is 2. The first-order valence-electron chi connectivity index (χ1n) is 3.23. The fourth-order valence-corrected chi connectivity index (χ4v) is 2.24. The van der Waals surface area contributed by atoms with Crippen LogP contribution in [0.25, 0.3) is 0 Å². The minimum atomic E-state index is 0.721. The summed E-state index contributed by atoms with van der Waals surface area (Å²) in [5, 5.41) is 7.38. The van der Waals surface area contributed by atoms with Crippen molar-refractivity contribution in [1.29, 1.82) is 0 Å². The molecule has 50 valence electrons. The number of fused-ring (bicyclic) bond motifs is 1. The van der Waals surface area contributed by atoms with Gasteiger partial charge in [0.2, 0.25) is 0 Å². The van der Waals surface area contributed by atoms with E-state index in [2.05, 4.69) is 16.7 Å². The molecule has 0 aliphatic carbocycles. The summed E-state index contributed by atoms with van der Waals surface area (Å²) in [6, 6.07) is 0. The summed E-state index contributed by atoms with van der Waals surface area (Å²) < 4.78 is 0. The molecule has 0 aromatic carbocycles. The molecule has 3 heteroatoms. The molecule has 2 aliphatic rings. The molecule has 0 bridgehead atoms. The van der Waals surface area contributed by atoms with Gasteiger partial charge in [0, 0.05) is 18.8 Å². The molecule has 9 heavy (non-hydrogen) atoms. The van der Waals surface area contributed by atoms with E-state index >= 15 is 0 Å². The van der Waals surface area contributed by atoms with Crippen molar-refractivity contribution < 1.29 is 0 Å². The second-order valence-electron chi connectivity index (χ2n) is 2.29. The van der Waals surface area contributed by atoms with Crippen LogP contribution in [-0.2, 0) is 0 Å². The fourth-order valence-electron chi connectivity index (χ4n) is 1.20. The summed E-state index contributed by atoms with van der Waals surface area (Å²) >= 11 is 1.98. The van der Waals surface area contributed by atoms with Crippen molar-refractivity contribution in [3.63, 3.8) is 0 Å². The lowest BCUT2D eigenvalue weighted by molar-refractivity contribution is 0.697. The van der Waals surface area contributed by atoms with Crippen LogP contribution in [0.4, 0.5) is 0 Å². The summed E-state index contributed by atoms with van der Waals surface area (Å²) in [7, 11) is 0. The lowest BCUT2D eigenvalue weighted by atomic mass is 10.2. The van der Waals surface area contributed by atoms with Gasteiger partial charge in [-0.25, -0.2) is 0 Å². The number of rotatable bonds is 0. The van der Waals surface area contributed by atoms with E-state index in [0.29, 0.717) is 0 Å². The first-order chi connectivity index (χ1) is 4.47. The van der Waals surface area contributed by atoms with Crippen LogP contribution < -0.4 is 10.6 Å². The van der Waals surface area contributed by atoms with Gasteiger partial charge in [-0.05, 0) is 0 Å². The topological polar surface area (TPSA) is 24.1 Å². The maximum atomic E-state index is 3.34. The van der Waals surface area contributed by atoms with Gasteiger partial charge in [0.05, 0.1) is 11.1 Å². The molecular weight excluding hydrogens is 132 g/mol. The Bertz CT molecular complexity index is 144. The van der Waals surface area contributed by atoms with E-state index in [-0.39, 0.29) is 0 Å². The van der Waals surface area contributed by atoms with E-state index in [0.717, 1.165) is 24.2 Å². The molecule has 0 aromatic rings. The molecule has 1 unspecified atom stereocenters. The Hall–Kier alpha value is -0.150. The van der Waals surface area contributed by atoms with Gasteiger partial charge < -0.3 is 10.6 Å². The van der Waals surface area contributed by atoms with E-state index in [1.165, 1.54) is 5.70 Å². The van der Waals surface area contributed by atoms with E-state index < -0.39 is 0 Å². The molecule has 0 saturated carbocycles. The molecule has 2 aliphatic heterocycles. The first kappa shape index (κ1) is 5.62. The summed E-state index contributed by atoms with van der Waals surface area (Å²) in [6.07, 6.45) is 2.24. The monoisotopic (exact) mass is 142 g/mol. The van der Waals surface area contributed by atoms with Crippen molar-refractivity contribution in [3.8, 4) is 0 Å². The Morgan fingerprint density at radius 3 is 3.56 bits per heavy atom. The Labute approximate surface area is 59.1 Å². The Kier molecular flexibility index (Phi) is 1.39. The highest BCUT2D eigenvalue weighted by molar-refractivity contribution is 8.00. The number of thioether (sulfide) groups is 1. The predicted octanol–water partition coefficient (Wildman–Crippen LogP) is 0.136. The average molecular weight is 142 g/mol. The van der Waals surface area contributed by atoms with Crippen molar-refractivity contribution in [2.75, 3.05) is 19.0 Å². The van der Waals surface area contributed by atoms with Crippen LogP contribution >= 0.6 is 11.8 Å². The predicted molar refractivity (Wildman–Crippen MR) is 40.3 cm³/mol. The summed E-state index contributed by atoms with van der Waals surface area (Å²) in [5.74, 6) is 1.10. The van der Waals surface area contributed by atoms with E-state index in [1.807, 2.05) is 11.8 Å². The van der Waals surface area contributed by atoms with Crippen molar-refractivity contribution >= 4 is 11.8 Å². The third-order valence-electron chi connectivity index (χ3n) is 1.70. The molecule has 1 fully saturated rings. The van der Waals surface area contributed by atoms with Gasteiger partial charge in [-0.1, -0.05) is 6.08 Å². The van der Waals surface area contributed by atoms with Gasteiger partial charge >= 0.3 is 0 Å². The second-order valence-corrected chi connectivity index (χ2v) is 3.49. The lowest BCUT2D eigenvalue weighted by Gasteiger charge is -2.15. The smallest absolute Gasteiger partial charge is 0.0615 e. The van der Waals surface area contributed by atoms with E-state index in [4.69, 9.17) is 0 Å². The molecule has 0 aromatic heterocycles. The zero-order valence-electron chi connectivity index (χ0n) is 5.18. The van der Waals surface area contributed by atoms with Crippen LogP contribution in [0.15, 0.2) is 11.8 Å². The van der Waals surface area contributed by atoms with Crippen LogP contribution in [0.5, 0.6) is 0 Å². The minimum Gasteiger partial charge on any atom is -0.379 e. The molecule has 2 rings (SSSR count). The molecule has 0 amide bonds. The molecule has 2 heterocycles. The van der Waals surface area contributed by atoms with Gasteiger partial charge in [-0.3, -0.25) is 0 Å². The van der Waals surface area contributed by atoms with E-state index in [9.17, 15) is 0 Å². The maximum absolute atomic E-state index is 3.34. The zero-order chi connectivity index (χ0) is 6.10. The highest BCUT2D eigenvalue weighted by atomic mass is 32.2. The second kappa shape index (κ2) is 2.23. The Morgan fingerprint density at radius 2 is 2.67 bits per heavy atom. The van der Waals surface area contributed by atoms with Gasteiger partial charge in [-0.15, -0.1) is 11.8 Å². The summed E-state index contributed by atoms with van der Waals surface area (Å²) in [6.45, 7) is 2.18. The van der Waals surface area contributed by atoms with Crippen molar-refractivity contribution in [1.82, 2.24) is 10.6 Å². The molecule has 0 spiro atoms. The quantitative estimate of drug-likeness (QED) is 0.503. The lowest BCUT2D eigenvalue weighted by Crippen LogP contribution is -2.31. The van der Waals surface area contributed by atoms with Crippen LogP contribution in [-0.4, -0.2) is 24.2 Å². The summed E-state index contributed by atoms with van der Waals surface area (Å²) in [4.78, 5) is 0. The molecule has 1 atom stereocenters. The molecule has 2 nitrogen and oxygen atoms in total. The van der Waals surface area contributed by atoms with Crippen molar-refractivity contribution in [3.05, 3.63) is 11.8 Å². The normalized spacial score (nSPS) is 32.9. The molecular formula is C6H10N2S. The van der Waals surface area contributed by atoms with Gasteiger partial charge in [0.25, 0.3) is 0 Å². The SMILES string of the molecule is C1=C2NCSC2CNC1. The van der Waals surface area contributed by atoms with Crippen LogP contribution in [0.3, 0.4) is 0 Å². The molecule has 0 radical (unpaired) electrons. The third-order valence-corrected chi connectivity index (χ3v) is 2.84. The standard InChI is InChI=1S/C6H10N2S/c1-2-7-3-6-5(1)8-4-9-6/h1,6-8H,2-4H2. The first-order valence-corrected chi connectivity index (χ1v) is 4.28. The van der Waals surface area contributed by atoms with Gasteiger partial charge in [-0.2, -0.15) is 0 Å². The Morgan fingerprint density at radius 1 is 1.67 bits per heavy atom. The Balaban J connectivity index is 2.16. The largest absolute Gasteiger partial charge is 0.379 e. The highest BCUT2D eigenvalue weighted by Crippen LogP contribution is 2.24. The highest BCUT2D eigenvalue weighted by Gasteiger charge is 2.22. The zero-order valence-corrected chi connectivity index (χ0v) is 6.00. The summed E-state index contributed by atoms with van der Waals surface area (Å²) in [5.41, 5.74) is 1.44. The van der Waals surface area contributed by atoms with Crippen LogP contribution in [0, 0.1) is 0 Å². The minimum absolute atomic E-state index is 0.721. The number of hydrogen-bond acceptors (Lipinski definition) is 3. The average Bonchev–Trinajstić information content (AvgIpc) is 2.33. The van der Waals surface area contributed by atoms with Crippen molar-refractivity contribution in [2.24, 2.45) is 0 Å². The van der Waals surface area contributed by atoms with Gasteiger partial charge in [0.1, 0.15) is 0 Å². The number of nitrogens with one attached hydrogen (secondary N) is 2. The van der Waals surface area contributed by atoms with Gasteiger partial charge in [0.15, 0.2) is 0 Å². The maximum Gasteiger partial charge on any atom is 0.0615 e. The third kappa shape index (κ3) is 0.946. The van der Waals surface area contributed by atoms with Crippen molar-refractivity contribution in [2.45, 2.75) is 5.25 Å². The van der Waals surface area contributed by atoms with Crippen LogP contribution in [0.2, 0.25) is 0 Å². The molecule has 2 N–H and O–H groups in total. The van der Waals surface area contributed by atoms with Crippen LogP contribution in [0.1, 0.15) is 0 Å². The molecule has 1 saturated heterocycles. The van der Waals surface area contributed by atoms with E-state index in [1.54, 1.807) is 0 Å².